The van der Waals surface area contributed by atoms with Gasteiger partial charge in [-0.2, -0.15) is 0 Å². The summed E-state index contributed by atoms with van der Waals surface area (Å²) >= 11 is 1.71. The number of hydrogen-bond acceptors (Lipinski definition) is 7. The number of anilines is 2. The Balaban J connectivity index is 1.52. The van der Waals surface area contributed by atoms with Crippen molar-refractivity contribution in [1.82, 2.24) is 19.9 Å². The summed E-state index contributed by atoms with van der Waals surface area (Å²) < 4.78 is 0. The zero-order chi connectivity index (χ0) is 21.2. The lowest BCUT2D eigenvalue weighted by atomic mass is 10.1. The molecule has 4 heterocycles. The number of hydrogen-bond donors (Lipinski definition) is 0. The van der Waals surface area contributed by atoms with Crippen molar-refractivity contribution in [3.8, 4) is 11.1 Å². The first kappa shape index (κ1) is 19.9. The average molecular weight is 431 g/mol. The number of rotatable bonds is 5. The van der Waals surface area contributed by atoms with E-state index in [9.17, 15) is 0 Å². The molecule has 0 spiro atoms. The molecule has 0 bridgehead atoms. The predicted octanol–water partition coefficient (Wildman–Crippen LogP) is 4.14. The van der Waals surface area contributed by atoms with Gasteiger partial charge < -0.3 is 14.7 Å². The van der Waals surface area contributed by atoms with Gasteiger partial charge in [-0.1, -0.05) is 30.3 Å². The predicted molar refractivity (Wildman–Crippen MR) is 129 cm³/mol. The summed E-state index contributed by atoms with van der Waals surface area (Å²) in [4.78, 5) is 22.2. The molecule has 4 aromatic rings. The highest BCUT2D eigenvalue weighted by Gasteiger charge is 2.24. The average Bonchev–Trinajstić information content (AvgIpc) is 3.23. The van der Waals surface area contributed by atoms with Crippen LogP contribution >= 0.6 is 11.3 Å². The maximum Gasteiger partial charge on any atom is 0.146 e. The Kier molecular flexibility index (Phi) is 5.53. The normalized spacial score (nSPS) is 14.5. The van der Waals surface area contributed by atoms with Crippen LogP contribution in [0.25, 0.3) is 21.3 Å². The van der Waals surface area contributed by atoms with Crippen LogP contribution < -0.4 is 9.80 Å². The summed E-state index contributed by atoms with van der Waals surface area (Å²) in [5.41, 5.74) is 3.68. The lowest BCUT2D eigenvalue weighted by molar-refractivity contribution is 0.391. The maximum absolute atomic E-state index is 5.07. The van der Waals surface area contributed by atoms with Crippen LogP contribution in [0.5, 0.6) is 0 Å². The van der Waals surface area contributed by atoms with Crippen LogP contribution in [0, 0.1) is 0 Å². The third-order valence-electron chi connectivity index (χ3n) is 5.61. The van der Waals surface area contributed by atoms with E-state index in [-0.39, 0.29) is 0 Å². The number of thiophene rings is 1. The molecule has 0 unspecified atom stereocenters. The van der Waals surface area contributed by atoms with Gasteiger partial charge in [-0.15, -0.1) is 11.3 Å². The van der Waals surface area contributed by atoms with Gasteiger partial charge >= 0.3 is 0 Å². The molecular formula is C24H26N6S. The van der Waals surface area contributed by atoms with Crippen LogP contribution in [-0.2, 0) is 6.54 Å². The van der Waals surface area contributed by atoms with Crippen LogP contribution in [0.2, 0.25) is 0 Å². The molecule has 0 atom stereocenters. The third-order valence-corrected chi connectivity index (χ3v) is 6.48. The number of fused-ring (bicyclic) bond motifs is 1. The molecule has 0 amide bonds. The first-order valence-electron chi connectivity index (χ1n) is 10.6. The van der Waals surface area contributed by atoms with Crippen molar-refractivity contribution in [3.05, 3.63) is 66.1 Å². The van der Waals surface area contributed by atoms with Gasteiger partial charge in [0.15, 0.2) is 0 Å². The standard InChI is InChI=1S/C24H26N6S/c1-28(2)16-21-26-23(30-14-12-29(13-15-30)19-8-10-25-11-9-19)22-20(17-31-24(22)27-21)18-6-4-3-5-7-18/h3-11,17H,12-16H2,1-2H3. The topological polar surface area (TPSA) is 48.4 Å². The van der Waals surface area contributed by atoms with E-state index in [1.165, 1.54) is 22.2 Å². The van der Waals surface area contributed by atoms with Gasteiger partial charge in [-0.25, -0.2) is 9.97 Å². The molecule has 6 nitrogen and oxygen atoms in total. The molecule has 7 heteroatoms. The Bertz CT molecular complexity index is 1150. The molecule has 5 rings (SSSR count). The fraction of sp³-hybridized carbons (Fsp3) is 0.292. The third kappa shape index (κ3) is 4.11. The van der Waals surface area contributed by atoms with Gasteiger partial charge in [0.05, 0.1) is 11.9 Å². The molecule has 0 saturated carbocycles. The van der Waals surface area contributed by atoms with E-state index in [4.69, 9.17) is 9.97 Å². The summed E-state index contributed by atoms with van der Waals surface area (Å²) in [6.07, 6.45) is 3.72. The first-order chi connectivity index (χ1) is 15.2. The minimum Gasteiger partial charge on any atom is -0.368 e. The summed E-state index contributed by atoms with van der Waals surface area (Å²) in [5, 5.41) is 3.40. The highest BCUT2D eigenvalue weighted by atomic mass is 32.1. The van der Waals surface area contributed by atoms with E-state index in [0.717, 1.165) is 49.2 Å². The monoisotopic (exact) mass is 430 g/mol. The summed E-state index contributed by atoms with van der Waals surface area (Å²) in [6, 6.07) is 14.7. The van der Waals surface area contributed by atoms with E-state index < -0.39 is 0 Å². The largest absolute Gasteiger partial charge is 0.368 e. The van der Waals surface area contributed by atoms with Crippen molar-refractivity contribution in [2.24, 2.45) is 0 Å². The number of aromatic nitrogens is 3. The number of nitrogens with zero attached hydrogens (tertiary/aromatic N) is 6. The van der Waals surface area contributed by atoms with Gasteiger partial charge in [-0.3, -0.25) is 4.98 Å². The molecule has 3 aromatic heterocycles. The van der Waals surface area contributed by atoms with E-state index in [1.54, 1.807) is 11.3 Å². The number of pyridine rings is 1. The first-order valence-corrected chi connectivity index (χ1v) is 11.5. The molecule has 0 radical (unpaired) electrons. The Labute approximate surface area is 186 Å². The fourth-order valence-corrected chi connectivity index (χ4v) is 5.07. The van der Waals surface area contributed by atoms with Crippen LogP contribution in [0.1, 0.15) is 5.82 Å². The molecule has 31 heavy (non-hydrogen) atoms. The van der Waals surface area contributed by atoms with Crippen molar-refractivity contribution in [2.75, 3.05) is 50.1 Å². The molecule has 1 aliphatic heterocycles. The van der Waals surface area contributed by atoms with Gasteiger partial charge in [-0.05, 0) is 31.8 Å². The summed E-state index contributed by atoms with van der Waals surface area (Å²) in [7, 11) is 4.12. The van der Waals surface area contributed by atoms with E-state index in [1.807, 2.05) is 12.4 Å². The van der Waals surface area contributed by atoms with Crippen molar-refractivity contribution < 1.29 is 0 Å². The highest BCUT2D eigenvalue weighted by molar-refractivity contribution is 7.17. The van der Waals surface area contributed by atoms with Crippen molar-refractivity contribution in [3.63, 3.8) is 0 Å². The van der Waals surface area contributed by atoms with Gasteiger partial charge in [0.25, 0.3) is 0 Å². The molecule has 0 aliphatic carbocycles. The minimum atomic E-state index is 0.735. The van der Waals surface area contributed by atoms with Crippen LogP contribution in [0.4, 0.5) is 11.5 Å². The lowest BCUT2D eigenvalue weighted by Crippen LogP contribution is -2.47. The second-order valence-electron chi connectivity index (χ2n) is 8.08. The van der Waals surface area contributed by atoms with Crippen LogP contribution in [-0.4, -0.2) is 60.1 Å². The molecule has 0 N–H and O–H groups in total. The van der Waals surface area contributed by atoms with Crippen LogP contribution in [0.3, 0.4) is 0 Å². The Hall–Kier alpha value is -3.03. The Morgan fingerprint density at radius 2 is 1.61 bits per heavy atom. The second kappa shape index (κ2) is 8.61. The molecule has 158 valence electrons. The van der Waals surface area contributed by atoms with Gasteiger partial charge in [0.2, 0.25) is 0 Å². The second-order valence-corrected chi connectivity index (χ2v) is 8.93. The SMILES string of the molecule is CN(C)Cc1nc(N2CCN(c3ccncc3)CC2)c2c(-c3ccccc3)csc2n1. The highest BCUT2D eigenvalue weighted by Crippen LogP contribution is 2.38. The van der Waals surface area contributed by atoms with Crippen molar-refractivity contribution in [1.29, 1.82) is 0 Å². The Morgan fingerprint density at radius 3 is 2.32 bits per heavy atom. The molecular weight excluding hydrogens is 404 g/mol. The van der Waals surface area contributed by atoms with Gasteiger partial charge in [0.1, 0.15) is 16.5 Å². The fourth-order valence-electron chi connectivity index (χ4n) is 4.11. The van der Waals surface area contributed by atoms with Crippen molar-refractivity contribution >= 4 is 33.1 Å². The van der Waals surface area contributed by atoms with E-state index in [0.29, 0.717) is 0 Å². The smallest absolute Gasteiger partial charge is 0.146 e. The quantitative estimate of drug-likeness (QED) is 0.474. The number of piperazine rings is 1. The van der Waals surface area contributed by atoms with E-state index in [2.05, 4.69) is 81.6 Å². The molecule has 1 aromatic carbocycles. The zero-order valence-electron chi connectivity index (χ0n) is 17.9. The molecule has 1 saturated heterocycles. The Morgan fingerprint density at radius 1 is 0.903 bits per heavy atom. The lowest BCUT2D eigenvalue weighted by Gasteiger charge is -2.37. The van der Waals surface area contributed by atoms with Crippen molar-refractivity contribution in [2.45, 2.75) is 6.54 Å². The zero-order valence-corrected chi connectivity index (χ0v) is 18.7. The summed E-state index contributed by atoms with van der Waals surface area (Å²) in [5.74, 6) is 1.95. The molecule has 1 fully saturated rings. The maximum atomic E-state index is 5.07. The number of benzene rings is 1. The van der Waals surface area contributed by atoms with Gasteiger partial charge in [0, 0.05) is 55.2 Å². The van der Waals surface area contributed by atoms with Crippen LogP contribution in [0.15, 0.2) is 60.2 Å². The minimum absolute atomic E-state index is 0.735. The molecule has 1 aliphatic rings. The summed E-state index contributed by atoms with van der Waals surface area (Å²) in [6.45, 7) is 4.52. The van der Waals surface area contributed by atoms with E-state index >= 15 is 0 Å².